The molecule has 2 aromatic rings. The Morgan fingerprint density at radius 1 is 1.00 bits per heavy atom. The van der Waals surface area contributed by atoms with Crippen molar-refractivity contribution in [2.45, 2.75) is 13.3 Å². The molecule has 0 bridgehead atoms. The van der Waals surface area contributed by atoms with Crippen LogP contribution >= 0.6 is 7.44 Å². The number of carbonyl (C=O) groups is 1. The van der Waals surface area contributed by atoms with Crippen molar-refractivity contribution in [3.05, 3.63) is 72.1 Å². The van der Waals surface area contributed by atoms with Crippen molar-refractivity contribution in [2.75, 3.05) is 22.4 Å². The zero-order valence-electron chi connectivity index (χ0n) is 14.1. The van der Waals surface area contributed by atoms with Gasteiger partial charge in [0.05, 0.1) is 6.42 Å². The standard InChI is InChI=1S/C19H21N2O3P/c1-2-18(15-19(22)23)25(24)20(16-9-5-3-6-10-16)13-14-21(25)17-11-7-4-8-12-17/h2-12H,13-15H2,1H3,(H,22,23)/b18-2-. The number of allylic oxidation sites excluding steroid dienone is 1. The molecule has 0 amide bonds. The van der Waals surface area contributed by atoms with E-state index in [1.54, 1.807) is 13.0 Å². The molecule has 25 heavy (non-hydrogen) atoms. The van der Waals surface area contributed by atoms with Crippen LogP contribution in [-0.4, -0.2) is 24.2 Å². The Bertz CT molecular complexity index is 770. The number of hydrogen-bond acceptors (Lipinski definition) is 2. The maximum absolute atomic E-state index is 14.3. The Kier molecular flexibility index (Phi) is 4.95. The minimum absolute atomic E-state index is 0.236. The van der Waals surface area contributed by atoms with Gasteiger partial charge in [0.1, 0.15) is 0 Å². The Morgan fingerprint density at radius 2 is 1.44 bits per heavy atom. The van der Waals surface area contributed by atoms with Gasteiger partial charge in [-0.1, -0.05) is 42.5 Å². The van der Waals surface area contributed by atoms with Crippen molar-refractivity contribution in [2.24, 2.45) is 0 Å². The highest BCUT2D eigenvalue weighted by Crippen LogP contribution is 2.66. The summed E-state index contributed by atoms with van der Waals surface area (Å²) in [5, 5.41) is 9.75. The number of para-hydroxylation sites is 2. The van der Waals surface area contributed by atoms with E-state index < -0.39 is 13.4 Å². The number of benzene rings is 2. The second-order valence-corrected chi connectivity index (χ2v) is 8.44. The Hall–Kier alpha value is -2.52. The van der Waals surface area contributed by atoms with Crippen LogP contribution in [0.25, 0.3) is 0 Å². The van der Waals surface area contributed by atoms with Gasteiger partial charge in [0.15, 0.2) is 0 Å². The van der Waals surface area contributed by atoms with E-state index in [1.165, 1.54) is 0 Å². The van der Waals surface area contributed by atoms with Gasteiger partial charge in [0.2, 0.25) is 0 Å². The third kappa shape index (κ3) is 3.20. The van der Waals surface area contributed by atoms with Crippen LogP contribution < -0.4 is 9.34 Å². The fourth-order valence-corrected chi connectivity index (χ4v) is 6.37. The molecule has 130 valence electrons. The molecule has 0 saturated carbocycles. The fraction of sp³-hybridized carbons (Fsp3) is 0.211. The van der Waals surface area contributed by atoms with Crippen LogP contribution in [0.3, 0.4) is 0 Å². The summed E-state index contributed by atoms with van der Waals surface area (Å²) >= 11 is 0. The summed E-state index contributed by atoms with van der Waals surface area (Å²) in [6.45, 7) is 2.91. The highest BCUT2D eigenvalue weighted by Gasteiger charge is 2.46. The zero-order chi connectivity index (χ0) is 17.9. The predicted molar refractivity (Wildman–Crippen MR) is 101 cm³/mol. The molecule has 0 radical (unpaired) electrons. The van der Waals surface area contributed by atoms with Crippen LogP contribution in [0.15, 0.2) is 72.1 Å². The fourth-order valence-electron chi connectivity index (χ4n) is 3.20. The van der Waals surface area contributed by atoms with Crippen LogP contribution in [0.4, 0.5) is 11.4 Å². The molecule has 1 N–H and O–H groups in total. The van der Waals surface area contributed by atoms with Crippen LogP contribution in [0, 0.1) is 0 Å². The Morgan fingerprint density at radius 3 is 1.80 bits per heavy atom. The van der Waals surface area contributed by atoms with E-state index in [0.29, 0.717) is 18.4 Å². The highest BCUT2D eigenvalue weighted by atomic mass is 31.2. The lowest BCUT2D eigenvalue weighted by molar-refractivity contribution is -0.136. The number of nitrogens with zero attached hydrogens (tertiary/aromatic N) is 2. The summed E-state index contributed by atoms with van der Waals surface area (Å²) in [4.78, 5) is 11.4. The predicted octanol–water partition coefficient (Wildman–Crippen LogP) is 4.58. The largest absolute Gasteiger partial charge is 0.481 e. The molecule has 0 unspecified atom stereocenters. The van der Waals surface area contributed by atoms with Crippen molar-refractivity contribution >= 4 is 24.8 Å². The summed E-state index contributed by atoms with van der Waals surface area (Å²) in [6.07, 6.45) is 1.45. The van der Waals surface area contributed by atoms with Crippen molar-refractivity contribution in [3.63, 3.8) is 0 Å². The van der Waals surface area contributed by atoms with E-state index in [9.17, 15) is 14.5 Å². The van der Waals surface area contributed by atoms with E-state index in [1.807, 2.05) is 70.0 Å². The first kappa shape index (κ1) is 17.3. The third-order valence-electron chi connectivity index (χ3n) is 4.33. The molecule has 1 fully saturated rings. The first-order valence-electron chi connectivity index (χ1n) is 8.21. The minimum atomic E-state index is -3.25. The smallest absolute Gasteiger partial charge is 0.308 e. The molecule has 1 aliphatic heterocycles. The van der Waals surface area contributed by atoms with E-state index >= 15 is 0 Å². The van der Waals surface area contributed by atoms with Crippen LogP contribution in [0.2, 0.25) is 0 Å². The van der Waals surface area contributed by atoms with Crippen LogP contribution in [-0.2, 0) is 9.36 Å². The second kappa shape index (κ2) is 7.16. The van der Waals surface area contributed by atoms with Gasteiger partial charge in [0.25, 0.3) is 7.44 Å². The minimum Gasteiger partial charge on any atom is -0.481 e. The molecule has 0 spiro atoms. The summed E-state index contributed by atoms with van der Waals surface area (Å²) in [5.41, 5.74) is 1.68. The molecule has 1 heterocycles. The molecule has 0 aromatic heterocycles. The lowest BCUT2D eigenvalue weighted by Gasteiger charge is -2.34. The molecule has 0 atom stereocenters. The second-order valence-electron chi connectivity index (χ2n) is 5.81. The quantitative estimate of drug-likeness (QED) is 0.794. The van der Waals surface area contributed by atoms with E-state index in [0.717, 1.165) is 11.4 Å². The van der Waals surface area contributed by atoms with Crippen molar-refractivity contribution < 1.29 is 14.5 Å². The van der Waals surface area contributed by atoms with Gasteiger partial charge in [-0.25, -0.2) is 0 Å². The SMILES string of the molecule is C/C=C(/CC(=O)O)P1(=O)N(c2ccccc2)CCN1c1ccccc1. The number of hydrogen-bond donors (Lipinski definition) is 1. The number of carboxylic acids is 1. The maximum Gasteiger partial charge on any atom is 0.308 e. The average molecular weight is 356 g/mol. The van der Waals surface area contributed by atoms with Crippen LogP contribution in [0.1, 0.15) is 13.3 Å². The highest BCUT2D eigenvalue weighted by molar-refractivity contribution is 7.71. The van der Waals surface area contributed by atoms with Gasteiger partial charge >= 0.3 is 5.97 Å². The van der Waals surface area contributed by atoms with Gasteiger partial charge in [-0.05, 0) is 31.2 Å². The first-order chi connectivity index (χ1) is 12.1. The van der Waals surface area contributed by atoms with Crippen molar-refractivity contribution in [1.29, 1.82) is 0 Å². The summed E-state index contributed by atoms with van der Waals surface area (Å²) in [6, 6.07) is 19.1. The number of rotatable bonds is 5. The molecule has 6 heteroatoms. The molecule has 1 aliphatic rings. The topological polar surface area (TPSA) is 60.9 Å². The van der Waals surface area contributed by atoms with Gasteiger partial charge in [-0.15, -0.1) is 0 Å². The van der Waals surface area contributed by atoms with E-state index in [2.05, 4.69) is 0 Å². The molecule has 5 nitrogen and oxygen atoms in total. The molecule has 3 rings (SSSR count). The maximum atomic E-state index is 14.3. The van der Waals surface area contributed by atoms with Crippen molar-refractivity contribution in [1.82, 2.24) is 0 Å². The monoisotopic (exact) mass is 356 g/mol. The van der Waals surface area contributed by atoms with Gasteiger partial charge < -0.3 is 14.4 Å². The number of carboxylic acid groups (broad SMARTS) is 1. The molecule has 1 saturated heterocycles. The lowest BCUT2D eigenvalue weighted by atomic mass is 10.3. The van der Waals surface area contributed by atoms with E-state index in [-0.39, 0.29) is 6.42 Å². The Labute approximate surface area is 147 Å². The Balaban J connectivity index is 2.12. The summed E-state index contributed by atoms with van der Waals surface area (Å²) in [5.74, 6) is -0.976. The lowest BCUT2D eigenvalue weighted by Crippen LogP contribution is -2.21. The number of aliphatic carboxylic acids is 1. The number of anilines is 2. The average Bonchev–Trinajstić information content (AvgIpc) is 2.99. The summed E-state index contributed by atoms with van der Waals surface area (Å²) in [7, 11) is -3.25. The molecule has 2 aromatic carbocycles. The summed E-state index contributed by atoms with van der Waals surface area (Å²) < 4.78 is 18.0. The first-order valence-corrected chi connectivity index (χ1v) is 9.82. The van der Waals surface area contributed by atoms with Crippen molar-refractivity contribution in [3.8, 4) is 0 Å². The molecule has 0 aliphatic carbocycles. The van der Waals surface area contributed by atoms with Gasteiger partial charge in [-0.3, -0.25) is 9.36 Å². The normalized spacial score (nSPS) is 16.9. The molecular weight excluding hydrogens is 335 g/mol. The zero-order valence-corrected chi connectivity index (χ0v) is 15.0. The third-order valence-corrected chi connectivity index (χ3v) is 7.66. The van der Waals surface area contributed by atoms with Gasteiger partial charge in [0, 0.05) is 29.8 Å². The van der Waals surface area contributed by atoms with Crippen LogP contribution in [0.5, 0.6) is 0 Å². The van der Waals surface area contributed by atoms with E-state index in [4.69, 9.17) is 0 Å². The molecular formula is C19H21N2O3P. The van der Waals surface area contributed by atoms with Gasteiger partial charge in [-0.2, -0.15) is 0 Å².